The van der Waals surface area contributed by atoms with E-state index in [9.17, 15) is 14.4 Å². The van der Waals surface area contributed by atoms with Gasteiger partial charge in [-0.3, -0.25) is 19.3 Å². The van der Waals surface area contributed by atoms with Crippen LogP contribution < -0.4 is 5.32 Å². The Hall–Kier alpha value is -3.19. The first-order valence-electron chi connectivity index (χ1n) is 11.6. The predicted molar refractivity (Wildman–Crippen MR) is 130 cm³/mol. The van der Waals surface area contributed by atoms with Crippen molar-refractivity contribution in [2.24, 2.45) is 0 Å². The predicted octanol–water partition coefficient (Wildman–Crippen LogP) is 2.56. The number of anilines is 1. The maximum Gasteiger partial charge on any atom is 0.243 e. The van der Waals surface area contributed by atoms with Gasteiger partial charge in [0, 0.05) is 45.3 Å². The number of amides is 3. The second-order valence-electron chi connectivity index (χ2n) is 8.66. The van der Waals surface area contributed by atoms with Crippen LogP contribution >= 0.6 is 0 Å². The van der Waals surface area contributed by atoms with Crippen LogP contribution in [0.4, 0.5) is 5.69 Å². The second kappa shape index (κ2) is 12.2. The SMILES string of the molecule is Cc1ccc(NC(=O)CN(C)C(=O)CN2CCN(C(=O)CCCc3ccccc3)CC2)cc1. The number of piperazine rings is 1. The highest BCUT2D eigenvalue weighted by atomic mass is 16.2. The molecule has 0 atom stereocenters. The van der Waals surface area contributed by atoms with E-state index in [1.54, 1.807) is 7.05 Å². The summed E-state index contributed by atoms with van der Waals surface area (Å²) in [5, 5.41) is 2.81. The van der Waals surface area contributed by atoms with Crippen LogP contribution in [0.1, 0.15) is 24.0 Å². The number of carbonyl (C=O) groups is 3. The van der Waals surface area contributed by atoms with Crippen molar-refractivity contribution in [2.75, 3.05) is 51.6 Å². The molecule has 176 valence electrons. The van der Waals surface area contributed by atoms with E-state index in [0.29, 0.717) is 32.6 Å². The van der Waals surface area contributed by atoms with Crippen LogP contribution in [-0.4, -0.2) is 78.7 Å². The molecule has 0 saturated carbocycles. The first-order valence-corrected chi connectivity index (χ1v) is 11.6. The molecule has 2 aromatic carbocycles. The van der Waals surface area contributed by atoms with Crippen LogP contribution in [0, 0.1) is 6.92 Å². The van der Waals surface area contributed by atoms with Crippen molar-refractivity contribution in [1.82, 2.24) is 14.7 Å². The Kier molecular flexibility index (Phi) is 9.01. The summed E-state index contributed by atoms with van der Waals surface area (Å²) in [5.74, 6) is -0.140. The van der Waals surface area contributed by atoms with Crippen molar-refractivity contribution >= 4 is 23.4 Å². The summed E-state index contributed by atoms with van der Waals surface area (Å²) in [5.41, 5.74) is 3.09. The lowest BCUT2D eigenvalue weighted by Crippen LogP contribution is -2.51. The third-order valence-corrected chi connectivity index (χ3v) is 5.92. The Morgan fingerprint density at radius 1 is 0.939 bits per heavy atom. The molecule has 3 amide bonds. The standard InChI is InChI=1S/C26H34N4O3/c1-21-11-13-23(14-12-21)27-24(31)19-28(2)26(33)20-29-15-17-30(18-16-29)25(32)10-6-9-22-7-4-3-5-8-22/h3-5,7-8,11-14H,6,9-10,15-20H2,1-2H3,(H,27,31). The van der Waals surface area contributed by atoms with Gasteiger partial charge in [-0.1, -0.05) is 48.0 Å². The van der Waals surface area contributed by atoms with E-state index in [1.165, 1.54) is 10.5 Å². The molecule has 33 heavy (non-hydrogen) atoms. The number of nitrogens with one attached hydrogen (secondary N) is 1. The normalized spacial score (nSPS) is 14.1. The van der Waals surface area contributed by atoms with E-state index in [1.807, 2.05) is 59.2 Å². The van der Waals surface area contributed by atoms with Gasteiger partial charge < -0.3 is 15.1 Å². The lowest BCUT2D eigenvalue weighted by molar-refractivity contribution is -0.136. The van der Waals surface area contributed by atoms with Gasteiger partial charge in [-0.05, 0) is 37.5 Å². The molecule has 1 aliphatic heterocycles. The van der Waals surface area contributed by atoms with Gasteiger partial charge in [0.05, 0.1) is 13.1 Å². The molecule has 1 N–H and O–H groups in total. The number of nitrogens with zero attached hydrogens (tertiary/aromatic N) is 3. The molecule has 1 saturated heterocycles. The first kappa shape index (κ1) is 24.5. The largest absolute Gasteiger partial charge is 0.340 e. The Labute approximate surface area is 196 Å². The van der Waals surface area contributed by atoms with Gasteiger partial charge in [0.15, 0.2) is 0 Å². The molecule has 7 heteroatoms. The minimum absolute atomic E-state index is 0.00652. The lowest BCUT2D eigenvalue weighted by Gasteiger charge is -2.35. The fourth-order valence-electron chi connectivity index (χ4n) is 3.85. The Balaban J connectivity index is 1.33. The quantitative estimate of drug-likeness (QED) is 0.637. The molecular weight excluding hydrogens is 416 g/mol. The van der Waals surface area contributed by atoms with Crippen LogP contribution in [0.25, 0.3) is 0 Å². The average molecular weight is 451 g/mol. The number of carbonyl (C=O) groups excluding carboxylic acids is 3. The Bertz CT molecular complexity index is 922. The van der Waals surface area contributed by atoms with E-state index in [4.69, 9.17) is 0 Å². The highest BCUT2D eigenvalue weighted by Gasteiger charge is 2.23. The lowest BCUT2D eigenvalue weighted by atomic mass is 10.1. The minimum atomic E-state index is -0.222. The topological polar surface area (TPSA) is 73.0 Å². The highest BCUT2D eigenvalue weighted by molar-refractivity contribution is 5.94. The number of likely N-dealkylation sites (N-methyl/N-ethyl adjacent to an activating group) is 1. The van der Waals surface area contributed by atoms with Crippen LogP contribution in [-0.2, 0) is 20.8 Å². The highest BCUT2D eigenvalue weighted by Crippen LogP contribution is 2.10. The number of hydrogen-bond donors (Lipinski definition) is 1. The molecule has 2 aromatic rings. The van der Waals surface area contributed by atoms with Gasteiger partial charge in [0.1, 0.15) is 0 Å². The van der Waals surface area contributed by atoms with Crippen molar-refractivity contribution in [3.05, 3.63) is 65.7 Å². The maximum atomic E-state index is 12.6. The van der Waals surface area contributed by atoms with Gasteiger partial charge >= 0.3 is 0 Å². The molecule has 0 aliphatic carbocycles. The van der Waals surface area contributed by atoms with Gasteiger partial charge in [0.2, 0.25) is 17.7 Å². The van der Waals surface area contributed by atoms with Gasteiger partial charge in [-0.2, -0.15) is 0 Å². The molecule has 0 radical (unpaired) electrons. The van der Waals surface area contributed by atoms with E-state index in [2.05, 4.69) is 17.4 Å². The molecule has 0 aromatic heterocycles. The van der Waals surface area contributed by atoms with Crippen molar-refractivity contribution in [3.8, 4) is 0 Å². The summed E-state index contributed by atoms with van der Waals surface area (Å²) >= 11 is 0. The minimum Gasteiger partial charge on any atom is -0.340 e. The van der Waals surface area contributed by atoms with Crippen LogP contribution in [0.3, 0.4) is 0 Å². The zero-order valence-electron chi connectivity index (χ0n) is 19.6. The molecule has 7 nitrogen and oxygen atoms in total. The molecule has 1 fully saturated rings. The fraction of sp³-hybridized carbons (Fsp3) is 0.423. The zero-order valence-corrected chi connectivity index (χ0v) is 19.6. The third-order valence-electron chi connectivity index (χ3n) is 5.92. The molecule has 1 heterocycles. The summed E-state index contributed by atoms with van der Waals surface area (Å²) in [7, 11) is 1.64. The monoisotopic (exact) mass is 450 g/mol. The molecule has 3 rings (SSSR count). The fourth-order valence-corrected chi connectivity index (χ4v) is 3.85. The molecule has 0 unspecified atom stereocenters. The number of benzene rings is 2. The summed E-state index contributed by atoms with van der Waals surface area (Å²) in [6.07, 6.45) is 2.30. The van der Waals surface area contributed by atoms with Crippen molar-refractivity contribution < 1.29 is 14.4 Å². The van der Waals surface area contributed by atoms with Crippen LogP contribution in [0.5, 0.6) is 0 Å². The van der Waals surface area contributed by atoms with E-state index in [-0.39, 0.29) is 30.8 Å². The number of hydrogen-bond acceptors (Lipinski definition) is 4. The van der Waals surface area contributed by atoms with Crippen molar-refractivity contribution in [1.29, 1.82) is 0 Å². The van der Waals surface area contributed by atoms with Crippen LogP contribution in [0.2, 0.25) is 0 Å². The van der Waals surface area contributed by atoms with Crippen molar-refractivity contribution in [2.45, 2.75) is 26.2 Å². The van der Waals surface area contributed by atoms with E-state index < -0.39 is 0 Å². The molecule has 0 bridgehead atoms. The smallest absolute Gasteiger partial charge is 0.243 e. The third kappa shape index (κ3) is 8.02. The first-order chi connectivity index (χ1) is 15.9. The van der Waals surface area contributed by atoms with Crippen LogP contribution in [0.15, 0.2) is 54.6 Å². The van der Waals surface area contributed by atoms with Gasteiger partial charge in [-0.15, -0.1) is 0 Å². The summed E-state index contributed by atoms with van der Waals surface area (Å²) in [6, 6.07) is 17.8. The van der Waals surface area contributed by atoms with Gasteiger partial charge in [-0.25, -0.2) is 0 Å². The second-order valence-corrected chi connectivity index (χ2v) is 8.66. The summed E-state index contributed by atoms with van der Waals surface area (Å²) in [6.45, 7) is 4.85. The Morgan fingerprint density at radius 3 is 2.27 bits per heavy atom. The average Bonchev–Trinajstić information content (AvgIpc) is 2.81. The Morgan fingerprint density at radius 2 is 1.61 bits per heavy atom. The van der Waals surface area contributed by atoms with E-state index in [0.717, 1.165) is 24.1 Å². The summed E-state index contributed by atoms with van der Waals surface area (Å²) in [4.78, 5) is 42.7. The molecule has 1 aliphatic rings. The van der Waals surface area contributed by atoms with E-state index >= 15 is 0 Å². The molecule has 0 spiro atoms. The summed E-state index contributed by atoms with van der Waals surface area (Å²) < 4.78 is 0. The number of rotatable bonds is 9. The molecular formula is C26H34N4O3. The maximum absolute atomic E-state index is 12.6. The number of aryl methyl sites for hydroxylation is 2. The van der Waals surface area contributed by atoms with Gasteiger partial charge in [0.25, 0.3) is 0 Å². The zero-order chi connectivity index (χ0) is 23.6. The van der Waals surface area contributed by atoms with Crippen molar-refractivity contribution in [3.63, 3.8) is 0 Å².